The van der Waals surface area contributed by atoms with Gasteiger partial charge in [-0.25, -0.2) is 0 Å². The SMILES string of the molecule is COC[C@@H]1CN(C(=O)Cc2cccnc2)CC12CCOCC2. The molecule has 2 saturated heterocycles. The van der Waals surface area contributed by atoms with Gasteiger partial charge in [-0.2, -0.15) is 0 Å². The predicted molar refractivity (Wildman–Crippen MR) is 82.4 cm³/mol. The number of hydrogen-bond donors (Lipinski definition) is 0. The Bertz CT molecular complexity index is 500. The van der Waals surface area contributed by atoms with Crippen LogP contribution in [0.2, 0.25) is 0 Å². The number of methoxy groups -OCH3 is 1. The van der Waals surface area contributed by atoms with Gasteiger partial charge in [0.05, 0.1) is 13.0 Å². The van der Waals surface area contributed by atoms with Gasteiger partial charge in [-0.3, -0.25) is 9.78 Å². The van der Waals surface area contributed by atoms with E-state index in [0.29, 0.717) is 12.3 Å². The van der Waals surface area contributed by atoms with E-state index >= 15 is 0 Å². The Morgan fingerprint density at radius 2 is 2.32 bits per heavy atom. The average Bonchev–Trinajstić information content (AvgIpc) is 2.88. The summed E-state index contributed by atoms with van der Waals surface area (Å²) in [5.41, 5.74) is 1.16. The van der Waals surface area contributed by atoms with E-state index in [1.807, 2.05) is 17.0 Å². The number of amides is 1. The van der Waals surface area contributed by atoms with Crippen molar-refractivity contribution in [3.63, 3.8) is 0 Å². The van der Waals surface area contributed by atoms with Crippen LogP contribution < -0.4 is 0 Å². The molecule has 1 aromatic heterocycles. The number of likely N-dealkylation sites (tertiary alicyclic amines) is 1. The molecule has 5 nitrogen and oxygen atoms in total. The Balaban J connectivity index is 1.68. The van der Waals surface area contributed by atoms with E-state index in [9.17, 15) is 4.79 Å². The molecule has 2 aliphatic rings. The monoisotopic (exact) mass is 304 g/mol. The van der Waals surface area contributed by atoms with E-state index < -0.39 is 0 Å². The van der Waals surface area contributed by atoms with E-state index in [-0.39, 0.29) is 11.3 Å². The molecule has 1 atom stereocenters. The summed E-state index contributed by atoms with van der Waals surface area (Å²) < 4.78 is 10.9. The molecule has 0 N–H and O–H groups in total. The lowest BCUT2D eigenvalue weighted by atomic mass is 9.72. The molecule has 0 aromatic carbocycles. The topological polar surface area (TPSA) is 51.7 Å². The van der Waals surface area contributed by atoms with Gasteiger partial charge in [0.1, 0.15) is 0 Å². The second-order valence-corrected chi connectivity index (χ2v) is 6.44. The van der Waals surface area contributed by atoms with Gasteiger partial charge in [0.2, 0.25) is 5.91 Å². The van der Waals surface area contributed by atoms with E-state index in [4.69, 9.17) is 9.47 Å². The Labute approximate surface area is 131 Å². The number of aromatic nitrogens is 1. The minimum atomic E-state index is 0.179. The highest BCUT2D eigenvalue weighted by Crippen LogP contribution is 2.44. The second kappa shape index (κ2) is 6.75. The quantitative estimate of drug-likeness (QED) is 0.846. The lowest BCUT2D eigenvalue weighted by Gasteiger charge is -2.37. The Kier molecular flexibility index (Phi) is 4.74. The molecule has 5 heteroatoms. The smallest absolute Gasteiger partial charge is 0.227 e. The zero-order chi connectivity index (χ0) is 15.4. The first kappa shape index (κ1) is 15.4. The molecule has 0 saturated carbocycles. The molecule has 0 radical (unpaired) electrons. The van der Waals surface area contributed by atoms with Crippen molar-refractivity contribution in [2.45, 2.75) is 19.3 Å². The molecule has 1 aromatic rings. The van der Waals surface area contributed by atoms with Crippen molar-refractivity contribution in [2.24, 2.45) is 11.3 Å². The summed E-state index contributed by atoms with van der Waals surface area (Å²) >= 11 is 0. The largest absolute Gasteiger partial charge is 0.384 e. The van der Waals surface area contributed by atoms with Gasteiger partial charge in [0.25, 0.3) is 0 Å². The summed E-state index contributed by atoms with van der Waals surface area (Å²) in [4.78, 5) is 18.7. The fraction of sp³-hybridized carbons (Fsp3) is 0.647. The number of rotatable bonds is 4. The number of pyridine rings is 1. The van der Waals surface area contributed by atoms with Crippen LogP contribution in [0.1, 0.15) is 18.4 Å². The van der Waals surface area contributed by atoms with Crippen molar-refractivity contribution in [1.29, 1.82) is 0 Å². The molecule has 1 spiro atoms. The predicted octanol–water partition coefficient (Wildman–Crippen LogP) is 1.53. The maximum Gasteiger partial charge on any atom is 0.227 e. The normalized spacial score (nSPS) is 23.9. The minimum Gasteiger partial charge on any atom is -0.384 e. The summed E-state index contributed by atoms with van der Waals surface area (Å²) in [6.45, 7) is 3.95. The van der Waals surface area contributed by atoms with E-state index in [1.54, 1.807) is 19.5 Å². The fourth-order valence-corrected chi connectivity index (χ4v) is 3.79. The average molecular weight is 304 g/mol. The number of carbonyl (C=O) groups excluding carboxylic acids is 1. The third-order valence-electron chi connectivity index (χ3n) is 5.10. The first-order chi connectivity index (χ1) is 10.7. The molecule has 120 valence electrons. The van der Waals surface area contributed by atoms with Crippen molar-refractivity contribution in [1.82, 2.24) is 9.88 Å². The molecule has 3 rings (SSSR count). The van der Waals surface area contributed by atoms with Crippen molar-refractivity contribution in [3.05, 3.63) is 30.1 Å². The van der Waals surface area contributed by atoms with Gasteiger partial charge >= 0.3 is 0 Å². The Morgan fingerprint density at radius 3 is 3.00 bits per heavy atom. The zero-order valence-corrected chi connectivity index (χ0v) is 13.2. The standard InChI is InChI=1S/C17H24N2O3/c1-21-12-15-11-19(13-17(15)4-7-22-8-5-17)16(20)9-14-3-2-6-18-10-14/h2-3,6,10,15H,4-5,7-9,11-13H2,1H3/t15-/m0/s1. The second-order valence-electron chi connectivity index (χ2n) is 6.44. The van der Waals surface area contributed by atoms with Crippen molar-refractivity contribution >= 4 is 5.91 Å². The van der Waals surface area contributed by atoms with Crippen molar-refractivity contribution in [2.75, 3.05) is 40.0 Å². The van der Waals surface area contributed by atoms with Crippen LogP contribution in [-0.2, 0) is 20.7 Å². The summed E-state index contributed by atoms with van der Waals surface area (Å²) in [5.74, 6) is 0.608. The molecular formula is C17H24N2O3. The maximum atomic E-state index is 12.6. The zero-order valence-electron chi connectivity index (χ0n) is 13.2. The van der Waals surface area contributed by atoms with Crippen LogP contribution in [0.4, 0.5) is 0 Å². The molecule has 22 heavy (non-hydrogen) atoms. The first-order valence-corrected chi connectivity index (χ1v) is 7.97. The summed E-state index contributed by atoms with van der Waals surface area (Å²) in [7, 11) is 1.74. The molecule has 3 heterocycles. The van der Waals surface area contributed by atoms with Gasteiger partial charge < -0.3 is 14.4 Å². The number of hydrogen-bond acceptors (Lipinski definition) is 4. The van der Waals surface area contributed by atoms with Crippen molar-refractivity contribution < 1.29 is 14.3 Å². The molecule has 2 aliphatic heterocycles. The first-order valence-electron chi connectivity index (χ1n) is 7.97. The summed E-state index contributed by atoms with van der Waals surface area (Å²) in [5, 5.41) is 0. The van der Waals surface area contributed by atoms with Crippen LogP contribution in [0.25, 0.3) is 0 Å². The van der Waals surface area contributed by atoms with Crippen LogP contribution in [0.3, 0.4) is 0 Å². The highest BCUT2D eigenvalue weighted by molar-refractivity contribution is 5.79. The molecule has 0 unspecified atom stereocenters. The summed E-state index contributed by atoms with van der Waals surface area (Å²) in [6, 6.07) is 3.83. The molecule has 0 bridgehead atoms. The highest BCUT2D eigenvalue weighted by Gasteiger charge is 2.48. The lowest BCUT2D eigenvalue weighted by Crippen LogP contribution is -2.39. The molecule has 0 aliphatic carbocycles. The third-order valence-corrected chi connectivity index (χ3v) is 5.10. The van der Waals surface area contributed by atoms with Gasteiger partial charge in [-0.15, -0.1) is 0 Å². The Morgan fingerprint density at radius 1 is 1.50 bits per heavy atom. The highest BCUT2D eigenvalue weighted by atomic mass is 16.5. The summed E-state index contributed by atoms with van der Waals surface area (Å²) in [6.07, 6.45) is 5.98. The van der Waals surface area contributed by atoms with E-state index in [0.717, 1.165) is 51.3 Å². The molecular weight excluding hydrogens is 280 g/mol. The van der Waals surface area contributed by atoms with Crippen LogP contribution in [0.15, 0.2) is 24.5 Å². The van der Waals surface area contributed by atoms with Crippen molar-refractivity contribution in [3.8, 4) is 0 Å². The van der Waals surface area contributed by atoms with Crippen LogP contribution in [0.5, 0.6) is 0 Å². The van der Waals surface area contributed by atoms with E-state index in [2.05, 4.69) is 4.98 Å². The van der Waals surface area contributed by atoms with Gasteiger partial charge in [-0.1, -0.05) is 6.07 Å². The maximum absolute atomic E-state index is 12.6. The number of nitrogens with zero attached hydrogens (tertiary/aromatic N) is 2. The van der Waals surface area contributed by atoms with Gasteiger partial charge in [0, 0.05) is 51.7 Å². The number of carbonyl (C=O) groups is 1. The van der Waals surface area contributed by atoms with Gasteiger partial charge in [0.15, 0.2) is 0 Å². The van der Waals surface area contributed by atoms with Crippen LogP contribution in [-0.4, -0.2) is 55.8 Å². The molecule has 1 amide bonds. The van der Waals surface area contributed by atoms with Gasteiger partial charge in [-0.05, 0) is 29.9 Å². The fourth-order valence-electron chi connectivity index (χ4n) is 3.79. The molecule has 2 fully saturated rings. The Hall–Kier alpha value is -1.46. The number of ether oxygens (including phenoxy) is 2. The van der Waals surface area contributed by atoms with Crippen LogP contribution >= 0.6 is 0 Å². The lowest BCUT2D eigenvalue weighted by molar-refractivity contribution is -0.130. The van der Waals surface area contributed by atoms with E-state index in [1.165, 1.54) is 0 Å². The third kappa shape index (κ3) is 3.15. The van der Waals surface area contributed by atoms with Crippen LogP contribution in [0, 0.1) is 11.3 Å². The minimum absolute atomic E-state index is 0.179.